The van der Waals surface area contributed by atoms with Crippen molar-refractivity contribution in [2.24, 2.45) is 0 Å². The van der Waals surface area contributed by atoms with Crippen LogP contribution < -0.4 is 0 Å². The maximum Gasteiger partial charge on any atom is 0.894 e. The zero-order chi connectivity index (χ0) is 7.82. The van der Waals surface area contributed by atoms with Gasteiger partial charge in [-0.1, -0.05) is 0 Å². The van der Waals surface area contributed by atoms with Gasteiger partial charge in [-0.15, -0.1) is 0 Å². The zero-order valence-electron chi connectivity index (χ0n) is 5.05. The lowest BCUT2D eigenvalue weighted by Gasteiger charge is -1.96. The molecular formula is C3HBFN3O3. The smallest absolute Gasteiger partial charge is 0.418 e. The number of nitrogens with zero attached hydrogens (tertiary/aromatic N) is 3. The SMILES string of the molecule is F.N#COB(OC#N)OC#N. The Morgan fingerprint density at radius 2 is 1.09 bits per heavy atom. The summed E-state index contributed by atoms with van der Waals surface area (Å²) in [4.78, 5) is 0. The molecule has 0 spiro atoms. The number of hydrogen-bond donors (Lipinski definition) is 0. The van der Waals surface area contributed by atoms with E-state index in [4.69, 9.17) is 15.8 Å². The second-order valence-electron chi connectivity index (χ2n) is 0.916. The van der Waals surface area contributed by atoms with Gasteiger partial charge in [0.2, 0.25) is 0 Å². The molecular weight excluding hydrogens is 156 g/mol. The molecule has 0 saturated heterocycles. The normalized spacial score (nSPS) is 5.18. The summed E-state index contributed by atoms with van der Waals surface area (Å²) in [6.45, 7) is 0. The summed E-state index contributed by atoms with van der Waals surface area (Å²) in [5.41, 5.74) is 0. The maximum atomic E-state index is 7.84. The Labute approximate surface area is 61.6 Å². The third kappa shape index (κ3) is 5.74. The van der Waals surface area contributed by atoms with Gasteiger partial charge in [0.25, 0.3) is 18.8 Å². The van der Waals surface area contributed by atoms with Crippen LogP contribution in [0, 0.1) is 34.6 Å². The van der Waals surface area contributed by atoms with Crippen LogP contribution in [0.5, 0.6) is 0 Å². The molecule has 0 aliphatic rings. The summed E-state index contributed by atoms with van der Waals surface area (Å²) in [5.74, 6) is 0. The van der Waals surface area contributed by atoms with E-state index in [2.05, 4.69) is 14.0 Å². The van der Waals surface area contributed by atoms with Crippen molar-refractivity contribution in [3.8, 4) is 18.8 Å². The quantitative estimate of drug-likeness (QED) is 0.408. The van der Waals surface area contributed by atoms with Crippen molar-refractivity contribution in [3.05, 3.63) is 0 Å². The van der Waals surface area contributed by atoms with E-state index >= 15 is 0 Å². The highest BCUT2D eigenvalue weighted by atomic mass is 19.0. The Morgan fingerprint density at radius 1 is 0.818 bits per heavy atom. The summed E-state index contributed by atoms with van der Waals surface area (Å²) in [6, 6.07) is 0. The lowest BCUT2D eigenvalue weighted by molar-refractivity contribution is 0.249. The van der Waals surface area contributed by atoms with E-state index in [9.17, 15) is 0 Å². The van der Waals surface area contributed by atoms with Gasteiger partial charge in [0.05, 0.1) is 0 Å². The van der Waals surface area contributed by atoms with Gasteiger partial charge >= 0.3 is 7.32 Å². The summed E-state index contributed by atoms with van der Waals surface area (Å²) in [7, 11) is -1.56. The van der Waals surface area contributed by atoms with Crippen LogP contribution in [0.2, 0.25) is 0 Å². The van der Waals surface area contributed by atoms with Crippen molar-refractivity contribution >= 4 is 7.32 Å². The Balaban J connectivity index is 0. The molecule has 0 saturated carbocycles. The van der Waals surface area contributed by atoms with Crippen LogP contribution in [0.1, 0.15) is 0 Å². The third-order valence-corrected chi connectivity index (χ3v) is 0.447. The molecule has 0 amide bonds. The first-order valence-corrected chi connectivity index (χ1v) is 1.99. The van der Waals surface area contributed by atoms with Crippen LogP contribution in [-0.4, -0.2) is 7.32 Å². The maximum absolute atomic E-state index is 7.84. The number of hydrogen-bond acceptors (Lipinski definition) is 6. The molecule has 0 fully saturated rings. The lowest BCUT2D eigenvalue weighted by Crippen LogP contribution is -2.20. The minimum atomic E-state index is -1.56. The molecule has 0 rings (SSSR count). The van der Waals surface area contributed by atoms with Crippen molar-refractivity contribution in [2.45, 2.75) is 0 Å². The summed E-state index contributed by atoms with van der Waals surface area (Å²) in [5, 5.41) is 23.5. The molecule has 0 aliphatic heterocycles. The van der Waals surface area contributed by atoms with Gasteiger partial charge in [0.1, 0.15) is 0 Å². The van der Waals surface area contributed by atoms with E-state index in [0.717, 1.165) is 0 Å². The topological polar surface area (TPSA) is 99.1 Å². The Kier molecular flexibility index (Phi) is 8.32. The van der Waals surface area contributed by atoms with Gasteiger partial charge < -0.3 is 14.0 Å². The summed E-state index contributed by atoms with van der Waals surface area (Å²) >= 11 is 0. The van der Waals surface area contributed by atoms with Gasteiger partial charge in [-0.2, -0.15) is 15.8 Å². The highest BCUT2D eigenvalue weighted by molar-refractivity contribution is 6.37. The summed E-state index contributed by atoms with van der Waals surface area (Å²) in [6.07, 6.45) is 3.56. The number of nitriles is 3. The minimum absolute atomic E-state index is 0. The van der Waals surface area contributed by atoms with E-state index in [-0.39, 0.29) is 4.70 Å². The highest BCUT2D eigenvalue weighted by Gasteiger charge is 2.28. The van der Waals surface area contributed by atoms with Gasteiger partial charge in [-0.05, 0) is 0 Å². The molecule has 56 valence electrons. The van der Waals surface area contributed by atoms with E-state index in [0.29, 0.717) is 0 Å². The summed E-state index contributed by atoms with van der Waals surface area (Å²) < 4.78 is 11.8. The molecule has 0 aromatic heterocycles. The molecule has 6 nitrogen and oxygen atoms in total. The lowest BCUT2D eigenvalue weighted by atomic mass is 10.2. The van der Waals surface area contributed by atoms with Crippen LogP contribution in [0.15, 0.2) is 0 Å². The van der Waals surface area contributed by atoms with E-state index in [1.807, 2.05) is 0 Å². The molecule has 0 N–H and O–H groups in total. The first-order chi connectivity index (χ1) is 4.85. The highest BCUT2D eigenvalue weighted by Crippen LogP contribution is 1.87. The van der Waals surface area contributed by atoms with Crippen molar-refractivity contribution in [3.63, 3.8) is 0 Å². The number of halogens is 1. The minimum Gasteiger partial charge on any atom is -0.418 e. The number of rotatable bonds is 3. The fraction of sp³-hybridized carbons (Fsp3) is 0. The van der Waals surface area contributed by atoms with Gasteiger partial charge in [-0.3, -0.25) is 4.70 Å². The molecule has 0 radical (unpaired) electrons. The molecule has 0 atom stereocenters. The van der Waals surface area contributed by atoms with E-state index in [1.54, 1.807) is 0 Å². The van der Waals surface area contributed by atoms with Crippen molar-refractivity contribution in [1.29, 1.82) is 15.8 Å². The second kappa shape index (κ2) is 7.86. The molecule has 0 aromatic rings. The predicted molar refractivity (Wildman–Crippen MR) is 28.4 cm³/mol. The first kappa shape index (κ1) is 11.6. The Hall–Kier alpha value is -2.14. The molecule has 0 aliphatic carbocycles. The van der Waals surface area contributed by atoms with Gasteiger partial charge in [0.15, 0.2) is 0 Å². The molecule has 0 heterocycles. The average molecular weight is 157 g/mol. The fourth-order valence-electron chi connectivity index (χ4n) is 0.201. The third-order valence-electron chi connectivity index (χ3n) is 0.447. The van der Waals surface area contributed by atoms with Crippen molar-refractivity contribution in [2.75, 3.05) is 0 Å². The van der Waals surface area contributed by atoms with Crippen LogP contribution in [0.4, 0.5) is 4.70 Å². The molecule has 0 bridgehead atoms. The van der Waals surface area contributed by atoms with Crippen molar-refractivity contribution in [1.82, 2.24) is 0 Å². The average Bonchev–Trinajstić information content (AvgIpc) is 1.90. The molecule has 11 heavy (non-hydrogen) atoms. The molecule has 8 heteroatoms. The fourth-order valence-corrected chi connectivity index (χ4v) is 0.201. The standard InChI is InChI=1S/C3BN3O3.FH/c5-1-8-4(9-2-6)10-3-7;/h;1H. The molecule has 0 unspecified atom stereocenters. The van der Waals surface area contributed by atoms with Gasteiger partial charge in [-0.25, -0.2) is 0 Å². The van der Waals surface area contributed by atoms with Gasteiger partial charge in [0, 0.05) is 0 Å². The van der Waals surface area contributed by atoms with E-state index < -0.39 is 7.32 Å². The Morgan fingerprint density at radius 3 is 1.27 bits per heavy atom. The predicted octanol–water partition coefficient (Wildman–Crippen LogP) is -0.383. The monoisotopic (exact) mass is 157 g/mol. The zero-order valence-corrected chi connectivity index (χ0v) is 5.05. The first-order valence-electron chi connectivity index (χ1n) is 1.99. The molecule has 0 aromatic carbocycles. The Bertz CT molecular complexity index is 177. The van der Waals surface area contributed by atoms with Crippen molar-refractivity contribution < 1.29 is 18.7 Å². The second-order valence-corrected chi connectivity index (χ2v) is 0.916. The van der Waals surface area contributed by atoms with E-state index in [1.165, 1.54) is 18.8 Å². The van der Waals surface area contributed by atoms with Crippen LogP contribution in [-0.2, 0) is 14.0 Å². The van der Waals surface area contributed by atoms with Crippen LogP contribution >= 0.6 is 0 Å². The van der Waals surface area contributed by atoms with Crippen LogP contribution in [0.25, 0.3) is 0 Å². The largest absolute Gasteiger partial charge is 0.894 e. The van der Waals surface area contributed by atoms with Crippen LogP contribution in [0.3, 0.4) is 0 Å².